The molecule has 4 rings (SSSR count). The molecule has 0 unspecified atom stereocenters. The second-order valence-corrected chi connectivity index (χ2v) is 8.95. The highest BCUT2D eigenvalue weighted by Crippen LogP contribution is 2.28. The molecule has 0 aliphatic heterocycles. The second kappa shape index (κ2) is 9.61. The van der Waals surface area contributed by atoms with Gasteiger partial charge in [0.05, 0.1) is 11.1 Å². The summed E-state index contributed by atoms with van der Waals surface area (Å²) in [6.07, 6.45) is 3.95. The number of para-hydroxylation sites is 1. The van der Waals surface area contributed by atoms with Crippen molar-refractivity contribution in [2.24, 2.45) is 5.92 Å². The smallest absolute Gasteiger partial charge is 0.255 e. The highest BCUT2D eigenvalue weighted by molar-refractivity contribution is 6.31. The molecule has 0 radical (unpaired) electrons. The van der Waals surface area contributed by atoms with Crippen molar-refractivity contribution < 1.29 is 9.90 Å². The van der Waals surface area contributed by atoms with Crippen molar-refractivity contribution in [1.82, 2.24) is 15.3 Å². The van der Waals surface area contributed by atoms with Gasteiger partial charge in [0.15, 0.2) is 0 Å². The fraction of sp³-hybridized carbons (Fsp3) is 0.375. The van der Waals surface area contributed by atoms with Crippen LogP contribution in [0.4, 0.5) is 11.8 Å². The lowest BCUT2D eigenvalue weighted by atomic mass is 9.86. The Balaban J connectivity index is 1.32. The molecule has 168 valence electrons. The number of nitrogens with one attached hydrogen (secondary N) is 2. The summed E-state index contributed by atoms with van der Waals surface area (Å²) in [6, 6.07) is 12.8. The molecular weight excluding hydrogens is 426 g/mol. The van der Waals surface area contributed by atoms with Crippen molar-refractivity contribution in [1.29, 1.82) is 0 Å². The lowest BCUT2D eigenvalue weighted by Crippen LogP contribution is -2.34. The van der Waals surface area contributed by atoms with Crippen LogP contribution in [0.25, 0.3) is 10.9 Å². The third-order valence-electron chi connectivity index (χ3n) is 5.94. The maximum Gasteiger partial charge on any atom is 0.255 e. The Hall–Kier alpha value is -3.06. The summed E-state index contributed by atoms with van der Waals surface area (Å²) in [5, 5.41) is 17.8. The Morgan fingerprint density at radius 1 is 1.12 bits per heavy atom. The van der Waals surface area contributed by atoms with E-state index in [1.807, 2.05) is 43.3 Å². The van der Waals surface area contributed by atoms with Gasteiger partial charge in [-0.1, -0.05) is 23.7 Å². The average Bonchev–Trinajstić information content (AvgIpc) is 2.79. The quantitative estimate of drug-likeness (QED) is 0.510. The number of rotatable bonds is 6. The normalized spacial score (nSPS) is 18.3. The van der Waals surface area contributed by atoms with Crippen LogP contribution in [0.1, 0.15) is 36.0 Å². The van der Waals surface area contributed by atoms with Gasteiger partial charge in [-0.3, -0.25) is 4.79 Å². The number of nitrogens with zero attached hydrogens (tertiary/aromatic N) is 3. The molecule has 3 N–H and O–H groups in total. The topological polar surface area (TPSA) is 90.4 Å². The molecule has 2 aromatic carbocycles. The number of halogens is 1. The van der Waals surface area contributed by atoms with Crippen molar-refractivity contribution in [3.63, 3.8) is 0 Å². The maximum absolute atomic E-state index is 12.4. The van der Waals surface area contributed by atoms with E-state index in [1.165, 1.54) is 12.1 Å². The Morgan fingerprint density at radius 3 is 2.62 bits per heavy atom. The molecule has 1 saturated carbocycles. The summed E-state index contributed by atoms with van der Waals surface area (Å²) >= 11 is 5.94. The molecule has 0 spiro atoms. The van der Waals surface area contributed by atoms with Crippen LogP contribution in [-0.2, 0) is 0 Å². The summed E-state index contributed by atoms with van der Waals surface area (Å²) in [7, 11) is 3.97. The number of aromatic nitrogens is 2. The zero-order valence-corrected chi connectivity index (χ0v) is 19.1. The van der Waals surface area contributed by atoms with E-state index < -0.39 is 0 Å². The van der Waals surface area contributed by atoms with Crippen molar-refractivity contribution in [2.45, 2.75) is 31.7 Å². The van der Waals surface area contributed by atoms with E-state index >= 15 is 0 Å². The van der Waals surface area contributed by atoms with Crippen LogP contribution in [-0.4, -0.2) is 47.7 Å². The molecule has 1 aromatic heterocycles. The number of anilines is 2. The van der Waals surface area contributed by atoms with E-state index in [2.05, 4.69) is 10.6 Å². The lowest BCUT2D eigenvalue weighted by molar-refractivity contribution is 0.0940. The number of hydrogen-bond donors (Lipinski definition) is 3. The van der Waals surface area contributed by atoms with Gasteiger partial charge in [0, 0.05) is 37.1 Å². The van der Waals surface area contributed by atoms with E-state index in [0.717, 1.165) is 42.4 Å². The summed E-state index contributed by atoms with van der Waals surface area (Å²) < 4.78 is 0. The highest BCUT2D eigenvalue weighted by atomic mass is 35.5. The van der Waals surface area contributed by atoms with Gasteiger partial charge >= 0.3 is 0 Å². The minimum Gasteiger partial charge on any atom is -0.507 e. The van der Waals surface area contributed by atoms with Crippen LogP contribution < -0.4 is 15.5 Å². The molecule has 8 heteroatoms. The molecule has 0 bridgehead atoms. The van der Waals surface area contributed by atoms with E-state index in [0.29, 0.717) is 29.5 Å². The first-order valence-electron chi connectivity index (χ1n) is 10.9. The monoisotopic (exact) mass is 453 g/mol. The molecule has 1 fully saturated rings. The van der Waals surface area contributed by atoms with Gasteiger partial charge in [-0.05, 0) is 61.9 Å². The molecule has 1 amide bonds. The number of benzene rings is 2. The molecule has 1 aliphatic carbocycles. The van der Waals surface area contributed by atoms with E-state index in [-0.39, 0.29) is 17.2 Å². The number of carbonyl (C=O) groups is 1. The maximum atomic E-state index is 12.4. The van der Waals surface area contributed by atoms with Crippen molar-refractivity contribution >= 4 is 40.2 Å². The van der Waals surface area contributed by atoms with E-state index in [1.54, 1.807) is 6.07 Å². The first kappa shape index (κ1) is 22.1. The summed E-state index contributed by atoms with van der Waals surface area (Å²) in [4.78, 5) is 23.8. The Morgan fingerprint density at radius 2 is 1.88 bits per heavy atom. The van der Waals surface area contributed by atoms with Gasteiger partial charge in [-0.15, -0.1) is 0 Å². The Bertz CT molecular complexity index is 1110. The number of phenols is 1. The second-order valence-electron chi connectivity index (χ2n) is 8.52. The van der Waals surface area contributed by atoms with Gasteiger partial charge in [0.1, 0.15) is 11.6 Å². The number of aromatic hydroxyl groups is 1. The third-order valence-corrected chi connectivity index (χ3v) is 6.18. The molecular formula is C24H28ClN5O2. The van der Waals surface area contributed by atoms with Crippen molar-refractivity contribution in [3.05, 3.63) is 53.1 Å². The van der Waals surface area contributed by atoms with Crippen LogP contribution in [0, 0.1) is 5.92 Å². The van der Waals surface area contributed by atoms with Crippen LogP contribution in [0.15, 0.2) is 42.5 Å². The van der Waals surface area contributed by atoms with Crippen molar-refractivity contribution in [2.75, 3.05) is 30.9 Å². The number of amides is 1. The summed E-state index contributed by atoms with van der Waals surface area (Å²) in [6.45, 7) is 0.578. The first-order chi connectivity index (χ1) is 15.4. The molecule has 3 aromatic rings. The van der Waals surface area contributed by atoms with Crippen LogP contribution in [0.3, 0.4) is 0 Å². The highest BCUT2D eigenvalue weighted by Gasteiger charge is 2.23. The number of phenolic OH excluding ortho intramolecular Hbond substituents is 1. The predicted octanol–water partition coefficient (Wildman–Crippen LogP) is 4.46. The predicted molar refractivity (Wildman–Crippen MR) is 129 cm³/mol. The Labute approximate surface area is 192 Å². The van der Waals surface area contributed by atoms with Crippen LogP contribution in [0.5, 0.6) is 5.75 Å². The van der Waals surface area contributed by atoms with Crippen molar-refractivity contribution in [3.8, 4) is 5.75 Å². The first-order valence-corrected chi connectivity index (χ1v) is 11.3. The van der Waals surface area contributed by atoms with Gasteiger partial charge in [-0.25, -0.2) is 4.98 Å². The third kappa shape index (κ3) is 5.05. The number of fused-ring (bicyclic) bond motifs is 1. The summed E-state index contributed by atoms with van der Waals surface area (Å²) in [5.74, 6) is 1.59. The zero-order valence-electron chi connectivity index (χ0n) is 18.3. The number of hydrogen-bond acceptors (Lipinski definition) is 6. The fourth-order valence-corrected chi connectivity index (χ4v) is 4.35. The molecule has 32 heavy (non-hydrogen) atoms. The molecule has 0 saturated heterocycles. The lowest BCUT2D eigenvalue weighted by Gasteiger charge is -2.29. The molecule has 0 atom stereocenters. The van der Waals surface area contributed by atoms with E-state index in [4.69, 9.17) is 21.6 Å². The SMILES string of the molecule is CN(C)c1nc(NC2CCC(CNC(=O)c3cc(Cl)ccc3O)CC2)nc2ccccc12. The Kier molecular flexibility index (Phi) is 6.65. The van der Waals surface area contributed by atoms with Gasteiger partial charge in [0.25, 0.3) is 5.91 Å². The largest absolute Gasteiger partial charge is 0.507 e. The average molecular weight is 454 g/mol. The molecule has 7 nitrogen and oxygen atoms in total. The number of carbonyl (C=O) groups excluding carboxylic acids is 1. The standard InChI is InChI=1S/C24H28ClN5O2/c1-30(2)22-18-5-3-4-6-20(18)28-24(29-22)27-17-10-7-15(8-11-17)14-26-23(32)19-13-16(25)9-12-21(19)31/h3-6,9,12-13,15,17,31H,7-8,10-11,14H2,1-2H3,(H,26,32)(H,27,28,29). The fourth-order valence-electron chi connectivity index (χ4n) is 4.18. The zero-order chi connectivity index (χ0) is 22.7. The van der Waals surface area contributed by atoms with Crippen LogP contribution >= 0.6 is 11.6 Å². The van der Waals surface area contributed by atoms with Gasteiger partial charge < -0.3 is 20.6 Å². The van der Waals surface area contributed by atoms with E-state index in [9.17, 15) is 9.90 Å². The molecule has 1 heterocycles. The molecule has 1 aliphatic rings. The van der Waals surface area contributed by atoms with Crippen LogP contribution in [0.2, 0.25) is 5.02 Å². The van der Waals surface area contributed by atoms with Gasteiger partial charge in [0.2, 0.25) is 5.95 Å². The summed E-state index contributed by atoms with van der Waals surface area (Å²) in [5.41, 5.74) is 1.13. The minimum atomic E-state index is -0.300. The minimum absolute atomic E-state index is 0.0627. The van der Waals surface area contributed by atoms with Gasteiger partial charge in [-0.2, -0.15) is 4.98 Å².